The van der Waals surface area contributed by atoms with Gasteiger partial charge in [0.15, 0.2) is 0 Å². The fourth-order valence-electron chi connectivity index (χ4n) is 2.79. The lowest BCUT2D eigenvalue weighted by Gasteiger charge is -2.05. The minimum absolute atomic E-state index is 0.620. The molecule has 0 atom stereocenters. The summed E-state index contributed by atoms with van der Waals surface area (Å²) in [6.45, 7) is 12.5. The Morgan fingerprint density at radius 3 is 0.969 bits per heavy atom. The fraction of sp³-hybridized carbons (Fsp3) is 0.964. The first-order chi connectivity index (χ1) is 15.4. The first kappa shape index (κ1) is 39.4. The number of thiocarbonyl (C=S) groups is 1. The van der Waals surface area contributed by atoms with Crippen molar-refractivity contribution in [2.24, 2.45) is 0 Å². The van der Waals surface area contributed by atoms with Gasteiger partial charge >= 0.3 is 0 Å². The average Bonchev–Trinajstić information content (AvgIpc) is 2.78. The van der Waals surface area contributed by atoms with Crippen LogP contribution in [0.3, 0.4) is 0 Å². The van der Waals surface area contributed by atoms with Gasteiger partial charge in [-0.3, -0.25) is 0 Å². The lowest BCUT2D eigenvalue weighted by atomic mass is 10.1. The molecule has 0 heterocycles. The highest BCUT2D eigenvalue weighted by Gasteiger charge is 1.87. The zero-order chi connectivity index (χ0) is 25.3. The third-order valence-electron chi connectivity index (χ3n) is 5.08. The molecule has 1 N–H and O–H groups in total. The highest BCUT2D eigenvalue weighted by molar-refractivity contribution is 8.10. The van der Waals surface area contributed by atoms with Gasteiger partial charge in [0.25, 0.3) is 0 Å². The molecule has 0 amide bonds. The lowest BCUT2D eigenvalue weighted by Crippen LogP contribution is -2.12. The van der Waals surface area contributed by atoms with Crippen molar-refractivity contribution in [3.63, 3.8) is 0 Å². The van der Waals surface area contributed by atoms with Crippen molar-refractivity contribution >= 4 is 29.2 Å². The molecule has 0 aromatic heterocycles. The topological polar surface area (TPSA) is 15.3 Å². The van der Waals surface area contributed by atoms with Crippen molar-refractivity contribution in [1.82, 2.24) is 10.2 Å². The molecule has 0 aliphatic rings. The van der Waals surface area contributed by atoms with Crippen LogP contribution in [0.5, 0.6) is 0 Å². The smallest absolute Gasteiger partial charge is 0.132 e. The third kappa shape index (κ3) is 57.3. The van der Waals surface area contributed by atoms with Gasteiger partial charge in [0.1, 0.15) is 4.32 Å². The summed E-state index contributed by atoms with van der Waals surface area (Å²) < 4.78 is 0.620. The predicted octanol–water partition coefficient (Wildman–Crippen LogP) is 10.1. The monoisotopic (exact) mass is 492 g/mol. The summed E-state index contributed by atoms with van der Waals surface area (Å²) in [6, 6.07) is 0. The van der Waals surface area contributed by atoms with Gasteiger partial charge in [-0.2, -0.15) is 0 Å². The van der Waals surface area contributed by atoms with Gasteiger partial charge in [-0.25, -0.2) is 0 Å². The summed E-state index contributed by atoms with van der Waals surface area (Å²) in [7, 11) is 5.73. The SMILES string of the molecule is CCCCCCCC.CCCCCCCC.CCCCCCCCNC.CN(C)C(=S)S. The van der Waals surface area contributed by atoms with Crippen molar-refractivity contribution in [1.29, 1.82) is 0 Å². The minimum Gasteiger partial charge on any atom is -0.364 e. The van der Waals surface area contributed by atoms with E-state index in [0.29, 0.717) is 4.32 Å². The Labute approximate surface area is 216 Å². The van der Waals surface area contributed by atoms with Crippen LogP contribution in [0, 0.1) is 0 Å². The Morgan fingerprint density at radius 2 is 0.781 bits per heavy atom. The number of rotatable bonds is 17. The summed E-state index contributed by atoms with van der Waals surface area (Å²) >= 11 is 8.46. The van der Waals surface area contributed by atoms with Crippen LogP contribution in [-0.2, 0) is 0 Å². The first-order valence-corrected chi connectivity index (χ1v) is 14.8. The quantitative estimate of drug-likeness (QED) is 0.119. The number of nitrogens with zero attached hydrogens (tertiary/aromatic N) is 1. The molecular formula is C28H64N2S2. The van der Waals surface area contributed by atoms with E-state index in [0.717, 1.165) is 0 Å². The zero-order valence-corrected chi connectivity index (χ0v) is 25.4. The van der Waals surface area contributed by atoms with Crippen molar-refractivity contribution in [2.45, 2.75) is 150 Å². The van der Waals surface area contributed by atoms with E-state index in [2.05, 4.69) is 64.8 Å². The van der Waals surface area contributed by atoms with Crippen LogP contribution in [0.4, 0.5) is 0 Å². The first-order valence-electron chi connectivity index (χ1n) is 13.9. The standard InChI is InChI=1S/C9H21N.2C8H18.C3H7NS2/c1-3-4-5-6-7-8-9-10-2;2*1-3-5-7-8-6-4-2;1-4(2)3(5)6/h10H,3-9H2,1-2H3;2*3-8H2,1-2H3;1-2H3,(H,5,6). The Balaban J connectivity index is -0.000000166. The van der Waals surface area contributed by atoms with E-state index >= 15 is 0 Å². The highest BCUT2D eigenvalue weighted by atomic mass is 32.1. The van der Waals surface area contributed by atoms with E-state index in [4.69, 9.17) is 0 Å². The second kappa shape index (κ2) is 41.5. The van der Waals surface area contributed by atoms with Crippen LogP contribution in [0.25, 0.3) is 0 Å². The molecule has 0 rings (SSSR count). The van der Waals surface area contributed by atoms with Gasteiger partial charge < -0.3 is 10.2 Å². The predicted molar refractivity (Wildman–Crippen MR) is 161 cm³/mol. The maximum atomic E-state index is 4.61. The van der Waals surface area contributed by atoms with Crippen LogP contribution in [0.15, 0.2) is 0 Å². The number of nitrogens with one attached hydrogen (secondary N) is 1. The van der Waals surface area contributed by atoms with E-state index in [1.165, 1.54) is 122 Å². The van der Waals surface area contributed by atoms with Crippen LogP contribution in [0.1, 0.15) is 150 Å². The average molecular weight is 493 g/mol. The summed E-state index contributed by atoms with van der Waals surface area (Å²) in [4.78, 5) is 1.76. The molecule has 2 nitrogen and oxygen atoms in total. The number of thiol groups is 1. The van der Waals surface area contributed by atoms with E-state index in [1.807, 2.05) is 21.1 Å². The Morgan fingerprint density at radius 1 is 0.562 bits per heavy atom. The molecule has 0 aromatic carbocycles. The largest absolute Gasteiger partial charge is 0.364 e. The van der Waals surface area contributed by atoms with E-state index < -0.39 is 0 Å². The van der Waals surface area contributed by atoms with E-state index in [9.17, 15) is 0 Å². The van der Waals surface area contributed by atoms with Gasteiger partial charge in [0.05, 0.1) is 0 Å². The summed E-state index contributed by atoms with van der Waals surface area (Å²) in [5.41, 5.74) is 0. The van der Waals surface area contributed by atoms with Gasteiger partial charge in [-0.1, -0.05) is 156 Å². The molecule has 0 spiro atoms. The Kier molecular flexibility index (Phi) is 51.1. The van der Waals surface area contributed by atoms with Crippen LogP contribution in [0.2, 0.25) is 0 Å². The molecule has 0 fully saturated rings. The van der Waals surface area contributed by atoms with Gasteiger partial charge in [-0.05, 0) is 20.0 Å². The van der Waals surface area contributed by atoms with Gasteiger partial charge in [-0.15, -0.1) is 12.6 Å². The van der Waals surface area contributed by atoms with Crippen LogP contribution < -0.4 is 5.32 Å². The molecule has 0 aliphatic heterocycles. The van der Waals surface area contributed by atoms with Crippen molar-refractivity contribution < 1.29 is 0 Å². The molecule has 0 aliphatic carbocycles. The normalized spacial score (nSPS) is 9.53. The van der Waals surface area contributed by atoms with Crippen molar-refractivity contribution in [3.05, 3.63) is 0 Å². The summed E-state index contributed by atoms with van der Waals surface area (Å²) in [6.07, 6.45) is 25.4. The molecule has 0 radical (unpaired) electrons. The fourth-order valence-corrected chi connectivity index (χ4v) is 2.79. The molecule has 0 bridgehead atoms. The molecule has 32 heavy (non-hydrogen) atoms. The van der Waals surface area contributed by atoms with E-state index in [1.54, 1.807) is 4.90 Å². The second-order valence-electron chi connectivity index (χ2n) is 8.88. The second-order valence-corrected chi connectivity index (χ2v) is 9.99. The number of hydrogen-bond acceptors (Lipinski definition) is 2. The maximum Gasteiger partial charge on any atom is 0.132 e. The number of unbranched alkanes of at least 4 members (excludes halogenated alkanes) is 15. The Bertz CT molecular complexity index is 265. The van der Waals surface area contributed by atoms with Gasteiger partial charge in [0.2, 0.25) is 0 Å². The van der Waals surface area contributed by atoms with E-state index in [-0.39, 0.29) is 0 Å². The number of hydrogen-bond donors (Lipinski definition) is 2. The molecule has 4 heteroatoms. The van der Waals surface area contributed by atoms with Crippen LogP contribution >= 0.6 is 24.8 Å². The third-order valence-corrected chi connectivity index (χ3v) is 5.84. The highest BCUT2D eigenvalue weighted by Crippen LogP contribution is 2.04. The molecule has 0 unspecified atom stereocenters. The lowest BCUT2D eigenvalue weighted by molar-refractivity contribution is 0.592. The Hall–Kier alpha value is 0.200. The molecule has 0 saturated carbocycles. The minimum atomic E-state index is 0.620. The molecule has 0 aromatic rings. The summed E-state index contributed by atoms with van der Waals surface area (Å²) in [5.74, 6) is 0. The maximum absolute atomic E-state index is 4.61. The van der Waals surface area contributed by atoms with Crippen molar-refractivity contribution in [3.8, 4) is 0 Å². The van der Waals surface area contributed by atoms with Crippen molar-refractivity contribution in [2.75, 3.05) is 27.7 Å². The molecule has 0 saturated heterocycles. The zero-order valence-electron chi connectivity index (χ0n) is 23.7. The summed E-state index contributed by atoms with van der Waals surface area (Å²) in [5, 5.41) is 3.16. The van der Waals surface area contributed by atoms with Crippen LogP contribution in [-0.4, -0.2) is 36.9 Å². The van der Waals surface area contributed by atoms with Gasteiger partial charge in [0, 0.05) is 14.1 Å². The molecule has 198 valence electrons. The molecular weight excluding hydrogens is 428 g/mol.